The molecule has 0 aliphatic carbocycles. The number of aryl methyl sites for hydroxylation is 1. The highest BCUT2D eigenvalue weighted by Crippen LogP contribution is 2.18. The summed E-state index contributed by atoms with van der Waals surface area (Å²) in [4.78, 5) is 18.1. The molecular formula is C13H16N4O3S. The Hall–Kier alpha value is -1.93. The van der Waals surface area contributed by atoms with Crippen molar-refractivity contribution < 1.29 is 8.42 Å². The zero-order chi connectivity index (χ0) is 15.0. The van der Waals surface area contributed by atoms with E-state index < -0.39 is 10.0 Å². The number of hydrogen-bond donors (Lipinski definition) is 1. The van der Waals surface area contributed by atoms with Crippen LogP contribution in [0.25, 0.3) is 0 Å². The van der Waals surface area contributed by atoms with Crippen LogP contribution in [0.3, 0.4) is 0 Å². The van der Waals surface area contributed by atoms with Gasteiger partial charge in [-0.15, -0.1) is 0 Å². The fourth-order valence-corrected chi connectivity index (χ4v) is 3.90. The Labute approximate surface area is 122 Å². The van der Waals surface area contributed by atoms with Crippen LogP contribution in [0.1, 0.15) is 11.3 Å². The molecule has 3 rings (SSSR count). The van der Waals surface area contributed by atoms with Crippen LogP contribution in [0, 0.1) is 0 Å². The molecule has 0 aromatic carbocycles. The van der Waals surface area contributed by atoms with Crippen molar-refractivity contribution in [1.29, 1.82) is 0 Å². The molecule has 0 atom stereocenters. The van der Waals surface area contributed by atoms with Crippen molar-refractivity contribution in [2.75, 3.05) is 13.1 Å². The monoisotopic (exact) mass is 308 g/mol. The summed E-state index contributed by atoms with van der Waals surface area (Å²) in [6, 6.07) is 3.24. The molecule has 21 heavy (non-hydrogen) atoms. The van der Waals surface area contributed by atoms with E-state index in [9.17, 15) is 13.2 Å². The highest BCUT2D eigenvalue weighted by Gasteiger charge is 2.28. The summed E-state index contributed by atoms with van der Waals surface area (Å²) in [5.41, 5.74) is 1.66. The van der Waals surface area contributed by atoms with Crippen LogP contribution in [0.5, 0.6) is 0 Å². The van der Waals surface area contributed by atoms with Gasteiger partial charge in [-0.1, -0.05) is 6.07 Å². The van der Waals surface area contributed by atoms with E-state index in [1.165, 1.54) is 22.9 Å². The highest BCUT2D eigenvalue weighted by atomic mass is 32.2. The molecule has 0 amide bonds. The molecule has 3 heterocycles. The van der Waals surface area contributed by atoms with E-state index in [2.05, 4.69) is 9.97 Å². The molecule has 0 radical (unpaired) electrons. The lowest BCUT2D eigenvalue weighted by Crippen LogP contribution is -2.33. The van der Waals surface area contributed by atoms with Crippen molar-refractivity contribution in [2.24, 2.45) is 7.05 Å². The van der Waals surface area contributed by atoms with Crippen LogP contribution >= 0.6 is 0 Å². The van der Waals surface area contributed by atoms with Crippen molar-refractivity contribution in [3.63, 3.8) is 0 Å². The molecule has 112 valence electrons. The zero-order valence-electron chi connectivity index (χ0n) is 11.6. The number of fused-ring (bicyclic) bond motifs is 1. The Morgan fingerprint density at radius 3 is 2.71 bits per heavy atom. The fraction of sp³-hybridized carbons (Fsp3) is 0.385. The van der Waals surface area contributed by atoms with E-state index >= 15 is 0 Å². The Balaban J connectivity index is 1.88. The van der Waals surface area contributed by atoms with Gasteiger partial charge in [-0.2, -0.15) is 4.31 Å². The van der Waals surface area contributed by atoms with Crippen LogP contribution in [-0.2, 0) is 29.9 Å². The van der Waals surface area contributed by atoms with E-state index in [1.807, 2.05) is 0 Å². The maximum atomic E-state index is 12.5. The van der Waals surface area contributed by atoms with Crippen LogP contribution in [0.15, 0.2) is 34.5 Å². The molecule has 2 aromatic rings. The Morgan fingerprint density at radius 1 is 1.24 bits per heavy atom. The first kappa shape index (κ1) is 14.0. The minimum atomic E-state index is -3.58. The van der Waals surface area contributed by atoms with Crippen molar-refractivity contribution in [2.45, 2.75) is 17.9 Å². The normalized spacial score (nSPS) is 16.4. The second-order valence-corrected chi connectivity index (χ2v) is 6.99. The molecule has 0 saturated carbocycles. The first-order valence-corrected chi connectivity index (χ1v) is 8.10. The first-order valence-electron chi connectivity index (χ1n) is 6.66. The standard InChI is InChI=1S/C13H16N4O3S/c1-16-8-13(14-9-16)21(19,20)17-6-4-10-2-3-12(18)15-11(10)5-7-17/h2-3,8-9H,4-7H2,1H3,(H,15,18). The van der Waals surface area contributed by atoms with Crippen LogP contribution < -0.4 is 5.56 Å². The number of imidazole rings is 1. The summed E-state index contributed by atoms with van der Waals surface area (Å²) in [5, 5.41) is 0.0597. The maximum Gasteiger partial charge on any atom is 0.262 e. The van der Waals surface area contributed by atoms with Crippen LogP contribution in [0.4, 0.5) is 0 Å². The summed E-state index contributed by atoms with van der Waals surface area (Å²) in [5.74, 6) is 0. The quantitative estimate of drug-likeness (QED) is 0.839. The average molecular weight is 308 g/mol. The van der Waals surface area contributed by atoms with Gasteiger partial charge in [-0.25, -0.2) is 13.4 Å². The fourth-order valence-electron chi connectivity index (χ4n) is 2.49. The van der Waals surface area contributed by atoms with Crippen molar-refractivity contribution in [1.82, 2.24) is 18.8 Å². The predicted molar refractivity (Wildman–Crippen MR) is 76.4 cm³/mol. The van der Waals surface area contributed by atoms with Gasteiger partial charge >= 0.3 is 0 Å². The molecule has 1 aliphatic rings. The number of aromatic amines is 1. The van der Waals surface area contributed by atoms with E-state index in [-0.39, 0.29) is 10.6 Å². The maximum absolute atomic E-state index is 12.5. The van der Waals surface area contributed by atoms with Gasteiger partial charge in [-0.3, -0.25) is 4.79 Å². The van der Waals surface area contributed by atoms with E-state index in [4.69, 9.17) is 0 Å². The Morgan fingerprint density at radius 2 is 2.00 bits per heavy atom. The zero-order valence-corrected chi connectivity index (χ0v) is 12.4. The average Bonchev–Trinajstić information content (AvgIpc) is 2.76. The second kappa shape index (κ2) is 5.12. The van der Waals surface area contributed by atoms with Gasteiger partial charge in [0.05, 0.1) is 6.33 Å². The number of rotatable bonds is 2. The largest absolute Gasteiger partial charge is 0.339 e. The SMILES string of the molecule is Cn1cnc(S(=O)(=O)N2CCc3ccc(=O)[nH]c3CC2)c1. The minimum Gasteiger partial charge on any atom is -0.339 e. The van der Waals surface area contributed by atoms with Gasteiger partial charge in [0.1, 0.15) is 0 Å². The van der Waals surface area contributed by atoms with E-state index in [0.717, 1.165) is 11.3 Å². The summed E-state index contributed by atoms with van der Waals surface area (Å²) in [7, 11) is -1.85. The van der Waals surface area contributed by atoms with Crippen molar-refractivity contribution in [3.05, 3.63) is 46.3 Å². The third-order valence-corrected chi connectivity index (χ3v) is 5.41. The van der Waals surface area contributed by atoms with Gasteiger partial charge < -0.3 is 9.55 Å². The number of pyridine rings is 1. The number of hydrogen-bond acceptors (Lipinski definition) is 4. The van der Waals surface area contributed by atoms with Gasteiger partial charge in [0.25, 0.3) is 10.0 Å². The number of H-pyrrole nitrogens is 1. The van der Waals surface area contributed by atoms with Crippen molar-refractivity contribution >= 4 is 10.0 Å². The third-order valence-electron chi connectivity index (χ3n) is 3.62. The van der Waals surface area contributed by atoms with Gasteiger partial charge in [0, 0.05) is 44.5 Å². The number of nitrogens with zero attached hydrogens (tertiary/aromatic N) is 3. The van der Waals surface area contributed by atoms with E-state index in [1.54, 1.807) is 17.7 Å². The lowest BCUT2D eigenvalue weighted by molar-refractivity contribution is 0.424. The topological polar surface area (TPSA) is 88.1 Å². The molecule has 0 spiro atoms. The van der Waals surface area contributed by atoms with Crippen LogP contribution in [-0.4, -0.2) is 40.3 Å². The molecule has 1 aliphatic heterocycles. The van der Waals surface area contributed by atoms with Crippen LogP contribution in [0.2, 0.25) is 0 Å². The Bertz CT molecular complexity index is 822. The molecular weight excluding hydrogens is 292 g/mol. The van der Waals surface area contributed by atoms with Gasteiger partial charge in [0.15, 0.2) is 5.03 Å². The highest BCUT2D eigenvalue weighted by molar-refractivity contribution is 7.89. The summed E-state index contributed by atoms with van der Waals surface area (Å²) >= 11 is 0. The number of sulfonamides is 1. The number of aromatic nitrogens is 3. The van der Waals surface area contributed by atoms with E-state index in [0.29, 0.717) is 25.9 Å². The van der Waals surface area contributed by atoms with Gasteiger partial charge in [0.2, 0.25) is 5.56 Å². The minimum absolute atomic E-state index is 0.0597. The number of nitrogens with one attached hydrogen (secondary N) is 1. The predicted octanol–water partition coefficient (Wildman–Crippen LogP) is -0.102. The van der Waals surface area contributed by atoms with Crippen molar-refractivity contribution in [3.8, 4) is 0 Å². The molecule has 7 nitrogen and oxygen atoms in total. The molecule has 0 bridgehead atoms. The molecule has 0 unspecified atom stereocenters. The lowest BCUT2D eigenvalue weighted by atomic mass is 10.1. The summed E-state index contributed by atoms with van der Waals surface area (Å²) in [6.07, 6.45) is 4.04. The lowest BCUT2D eigenvalue weighted by Gasteiger charge is -2.18. The Kier molecular flexibility index (Phi) is 3.42. The molecule has 1 N–H and O–H groups in total. The molecule has 0 fully saturated rings. The smallest absolute Gasteiger partial charge is 0.262 e. The van der Waals surface area contributed by atoms with Gasteiger partial charge in [-0.05, 0) is 12.0 Å². The third kappa shape index (κ3) is 2.64. The molecule has 0 saturated heterocycles. The first-order chi connectivity index (χ1) is 9.96. The molecule has 8 heteroatoms. The summed E-state index contributed by atoms with van der Waals surface area (Å²) in [6.45, 7) is 0.726. The second-order valence-electron chi connectivity index (χ2n) is 5.11. The molecule has 2 aromatic heterocycles. The summed E-state index contributed by atoms with van der Waals surface area (Å²) < 4.78 is 28.1.